The van der Waals surface area contributed by atoms with Crippen LogP contribution in [-0.4, -0.2) is 25.1 Å². The monoisotopic (exact) mass is 387 g/mol. The maximum Gasteiger partial charge on any atom is 0.417 e. The van der Waals surface area contributed by atoms with Gasteiger partial charge in [0.1, 0.15) is 5.75 Å². The van der Waals surface area contributed by atoms with E-state index < -0.39 is 41.9 Å². The lowest BCUT2D eigenvalue weighted by molar-refractivity contribution is -0.149. The van der Waals surface area contributed by atoms with Gasteiger partial charge in [0.15, 0.2) is 13.2 Å². The second kappa shape index (κ2) is 8.57. The van der Waals surface area contributed by atoms with Crippen LogP contribution in [-0.2, 0) is 20.5 Å². The topological polar surface area (TPSA) is 64.6 Å². The van der Waals surface area contributed by atoms with E-state index in [2.05, 4.69) is 5.32 Å². The van der Waals surface area contributed by atoms with Gasteiger partial charge in [-0.2, -0.15) is 13.2 Å². The van der Waals surface area contributed by atoms with Gasteiger partial charge in [0.25, 0.3) is 5.91 Å². The molecule has 26 heavy (non-hydrogen) atoms. The van der Waals surface area contributed by atoms with E-state index >= 15 is 0 Å². The number of hydrogen-bond acceptors (Lipinski definition) is 4. The molecule has 0 radical (unpaired) electrons. The van der Waals surface area contributed by atoms with Crippen LogP contribution >= 0.6 is 11.6 Å². The van der Waals surface area contributed by atoms with E-state index in [-0.39, 0.29) is 5.69 Å². The molecule has 2 aromatic rings. The van der Waals surface area contributed by atoms with Crippen molar-refractivity contribution in [2.75, 3.05) is 18.5 Å². The third-order valence-electron chi connectivity index (χ3n) is 3.02. The fourth-order valence-corrected chi connectivity index (χ4v) is 2.09. The van der Waals surface area contributed by atoms with Gasteiger partial charge in [0.2, 0.25) is 0 Å². The zero-order valence-electron chi connectivity index (χ0n) is 13.2. The molecule has 2 rings (SSSR count). The summed E-state index contributed by atoms with van der Waals surface area (Å²) in [4.78, 5) is 23.2. The number of carbonyl (C=O) groups excluding carboxylic acids is 2. The molecule has 1 N–H and O–H groups in total. The Balaban J connectivity index is 1.82. The van der Waals surface area contributed by atoms with Crippen LogP contribution in [0.1, 0.15) is 5.56 Å². The first-order valence-electron chi connectivity index (χ1n) is 7.26. The fraction of sp³-hybridized carbons (Fsp3) is 0.176. The summed E-state index contributed by atoms with van der Waals surface area (Å²) in [5, 5.41) is 1.71. The molecule has 0 saturated carbocycles. The molecule has 0 aromatic heterocycles. The van der Waals surface area contributed by atoms with Gasteiger partial charge in [0.05, 0.1) is 10.6 Å². The first-order valence-corrected chi connectivity index (χ1v) is 7.63. The van der Waals surface area contributed by atoms with E-state index in [1.807, 2.05) is 0 Å². The van der Waals surface area contributed by atoms with Crippen LogP contribution in [0.4, 0.5) is 18.9 Å². The van der Waals surface area contributed by atoms with E-state index in [1.165, 1.54) is 6.07 Å². The molecular weight excluding hydrogens is 375 g/mol. The average Bonchev–Trinajstić information content (AvgIpc) is 2.60. The van der Waals surface area contributed by atoms with Crippen LogP contribution in [0, 0.1) is 0 Å². The molecule has 0 fully saturated rings. The quantitative estimate of drug-likeness (QED) is 0.763. The third-order valence-corrected chi connectivity index (χ3v) is 3.35. The summed E-state index contributed by atoms with van der Waals surface area (Å²) in [6.07, 6.45) is -4.65. The van der Waals surface area contributed by atoms with E-state index in [0.717, 1.165) is 6.07 Å². The van der Waals surface area contributed by atoms with Crippen LogP contribution in [0.15, 0.2) is 48.5 Å². The van der Waals surface area contributed by atoms with Crippen LogP contribution in [0.5, 0.6) is 5.75 Å². The molecule has 0 bridgehead atoms. The van der Waals surface area contributed by atoms with Crippen molar-refractivity contribution in [2.24, 2.45) is 0 Å². The molecule has 0 spiro atoms. The Bertz CT molecular complexity index is 781. The van der Waals surface area contributed by atoms with Crippen molar-refractivity contribution in [3.8, 4) is 5.75 Å². The third kappa shape index (κ3) is 5.96. The molecule has 9 heteroatoms. The molecule has 0 atom stereocenters. The fourth-order valence-electron chi connectivity index (χ4n) is 1.86. The predicted octanol–water partition coefficient (Wildman–Crippen LogP) is 3.92. The SMILES string of the molecule is O=C(COC(=O)COc1ccccc1)Nc1ccc(Cl)c(C(F)(F)F)c1. The van der Waals surface area contributed by atoms with Gasteiger partial charge in [-0.3, -0.25) is 4.79 Å². The second-order valence-corrected chi connectivity index (χ2v) is 5.41. The lowest BCUT2D eigenvalue weighted by Crippen LogP contribution is -2.23. The average molecular weight is 388 g/mol. The van der Waals surface area contributed by atoms with E-state index in [9.17, 15) is 22.8 Å². The number of ether oxygens (including phenoxy) is 2. The molecule has 0 unspecified atom stereocenters. The number of esters is 1. The number of benzene rings is 2. The van der Waals surface area contributed by atoms with Gasteiger partial charge < -0.3 is 14.8 Å². The Labute approximate surface area is 151 Å². The summed E-state index contributed by atoms with van der Waals surface area (Å²) in [6, 6.07) is 11.4. The smallest absolute Gasteiger partial charge is 0.417 e. The summed E-state index contributed by atoms with van der Waals surface area (Å²) in [7, 11) is 0. The lowest BCUT2D eigenvalue weighted by Gasteiger charge is -2.12. The van der Waals surface area contributed by atoms with E-state index in [4.69, 9.17) is 21.1 Å². The summed E-state index contributed by atoms with van der Waals surface area (Å²) >= 11 is 5.49. The van der Waals surface area contributed by atoms with E-state index in [0.29, 0.717) is 11.8 Å². The highest BCUT2D eigenvalue weighted by atomic mass is 35.5. The zero-order valence-corrected chi connectivity index (χ0v) is 13.9. The Hall–Kier alpha value is -2.74. The summed E-state index contributed by atoms with van der Waals surface area (Å²) < 4.78 is 48.1. The van der Waals surface area contributed by atoms with Crippen LogP contribution in [0.25, 0.3) is 0 Å². The van der Waals surface area contributed by atoms with Crippen LogP contribution < -0.4 is 10.1 Å². The minimum atomic E-state index is -4.65. The molecule has 1 amide bonds. The summed E-state index contributed by atoms with van der Waals surface area (Å²) in [5.41, 5.74) is -1.20. The number of rotatable bonds is 6. The highest BCUT2D eigenvalue weighted by Crippen LogP contribution is 2.36. The maximum atomic E-state index is 12.8. The molecular formula is C17H13ClF3NO4. The van der Waals surface area contributed by atoms with Crippen LogP contribution in [0.2, 0.25) is 5.02 Å². The lowest BCUT2D eigenvalue weighted by atomic mass is 10.2. The van der Waals surface area contributed by atoms with Crippen molar-refractivity contribution in [2.45, 2.75) is 6.18 Å². The Kier molecular flexibility index (Phi) is 6.46. The Morgan fingerprint density at radius 2 is 1.73 bits per heavy atom. The highest BCUT2D eigenvalue weighted by molar-refractivity contribution is 6.31. The number of hydrogen-bond donors (Lipinski definition) is 1. The van der Waals surface area contributed by atoms with E-state index in [1.54, 1.807) is 30.3 Å². The minimum absolute atomic E-state index is 0.122. The van der Waals surface area contributed by atoms with Gasteiger partial charge >= 0.3 is 12.1 Å². The van der Waals surface area contributed by atoms with Crippen molar-refractivity contribution in [1.29, 1.82) is 0 Å². The van der Waals surface area contributed by atoms with Gasteiger partial charge in [-0.1, -0.05) is 29.8 Å². The standard InChI is InChI=1S/C17H13ClF3NO4/c18-14-7-6-11(8-13(14)17(19,20)21)22-15(23)9-26-16(24)10-25-12-4-2-1-3-5-12/h1-8H,9-10H2,(H,22,23). The molecule has 0 aliphatic rings. The predicted molar refractivity (Wildman–Crippen MR) is 88.0 cm³/mol. The minimum Gasteiger partial charge on any atom is -0.482 e. The van der Waals surface area contributed by atoms with Crippen LogP contribution in [0.3, 0.4) is 0 Å². The Morgan fingerprint density at radius 1 is 1.04 bits per heavy atom. The molecule has 2 aromatic carbocycles. The van der Waals surface area contributed by atoms with Crippen molar-refractivity contribution in [1.82, 2.24) is 0 Å². The Morgan fingerprint density at radius 3 is 2.38 bits per heavy atom. The molecule has 0 saturated heterocycles. The van der Waals surface area contributed by atoms with Gasteiger partial charge in [-0.05, 0) is 30.3 Å². The molecule has 5 nitrogen and oxygen atoms in total. The first-order chi connectivity index (χ1) is 12.3. The number of para-hydroxylation sites is 1. The number of amides is 1. The van der Waals surface area contributed by atoms with Crippen molar-refractivity contribution >= 4 is 29.2 Å². The van der Waals surface area contributed by atoms with Gasteiger partial charge in [-0.25, -0.2) is 4.79 Å². The first kappa shape index (κ1) is 19.6. The highest BCUT2D eigenvalue weighted by Gasteiger charge is 2.33. The summed E-state index contributed by atoms with van der Waals surface area (Å²) in [5.74, 6) is -1.14. The van der Waals surface area contributed by atoms with Crippen molar-refractivity contribution in [3.05, 3.63) is 59.1 Å². The number of nitrogens with one attached hydrogen (secondary N) is 1. The maximum absolute atomic E-state index is 12.8. The van der Waals surface area contributed by atoms with Gasteiger partial charge in [-0.15, -0.1) is 0 Å². The molecule has 0 heterocycles. The number of alkyl halides is 3. The molecule has 138 valence electrons. The largest absolute Gasteiger partial charge is 0.482 e. The van der Waals surface area contributed by atoms with Crippen molar-refractivity contribution in [3.63, 3.8) is 0 Å². The number of halogens is 4. The molecule has 0 aliphatic carbocycles. The number of anilines is 1. The summed E-state index contributed by atoms with van der Waals surface area (Å²) in [6.45, 7) is -1.07. The number of carbonyl (C=O) groups is 2. The normalized spacial score (nSPS) is 10.9. The second-order valence-electron chi connectivity index (χ2n) is 5.00. The van der Waals surface area contributed by atoms with Gasteiger partial charge in [0, 0.05) is 5.69 Å². The van der Waals surface area contributed by atoms with Crippen molar-refractivity contribution < 1.29 is 32.2 Å². The molecule has 0 aliphatic heterocycles. The zero-order chi connectivity index (χ0) is 19.2.